The van der Waals surface area contributed by atoms with Crippen LogP contribution in [0.25, 0.3) is 0 Å². The van der Waals surface area contributed by atoms with Crippen molar-refractivity contribution >= 4 is 5.96 Å². The first-order valence-corrected chi connectivity index (χ1v) is 5.95. The monoisotopic (exact) mass is 245 g/mol. The van der Waals surface area contributed by atoms with E-state index in [4.69, 9.17) is 5.73 Å². The highest BCUT2D eigenvalue weighted by molar-refractivity contribution is 5.77. The summed E-state index contributed by atoms with van der Waals surface area (Å²) in [6, 6.07) is 0. The summed E-state index contributed by atoms with van der Waals surface area (Å²) in [5, 5.41) is 2.98. The van der Waals surface area contributed by atoms with Crippen LogP contribution in [0.2, 0.25) is 0 Å². The Morgan fingerprint density at radius 3 is 2.59 bits per heavy atom. The maximum Gasteiger partial charge on any atom is 0.248 e. The van der Waals surface area contributed by atoms with E-state index in [1.54, 1.807) is 0 Å². The molecule has 5 heteroatoms. The Kier molecular flexibility index (Phi) is 4.90. The van der Waals surface area contributed by atoms with Gasteiger partial charge in [0.25, 0.3) is 0 Å². The Balaban J connectivity index is 2.23. The maximum absolute atomic E-state index is 12.9. The minimum absolute atomic E-state index is 0.0117. The van der Waals surface area contributed by atoms with Crippen LogP contribution in [0.4, 0.5) is 8.78 Å². The van der Waals surface area contributed by atoms with Crippen LogP contribution >= 0.6 is 0 Å². The number of aliphatic imine (C=N–C) groups is 1. The molecule has 17 heavy (non-hydrogen) atoms. The number of nitrogens with one attached hydrogen (secondary N) is 1. The van der Waals surface area contributed by atoms with Crippen LogP contribution in [0.5, 0.6) is 0 Å². The number of hydrogen-bond donors (Lipinski definition) is 2. The molecular weight excluding hydrogens is 224 g/mol. The fourth-order valence-corrected chi connectivity index (χ4v) is 1.83. The molecule has 3 N–H and O–H groups in total. The van der Waals surface area contributed by atoms with Crippen LogP contribution in [0.3, 0.4) is 0 Å². The molecule has 98 valence electrons. The van der Waals surface area contributed by atoms with E-state index < -0.39 is 5.92 Å². The van der Waals surface area contributed by atoms with E-state index in [9.17, 15) is 8.78 Å². The Labute approximate surface area is 101 Å². The van der Waals surface area contributed by atoms with Crippen LogP contribution in [0, 0.1) is 5.92 Å². The predicted octanol–water partition coefficient (Wildman–Crippen LogP) is 2.29. The first kappa shape index (κ1) is 13.9. The second-order valence-electron chi connectivity index (χ2n) is 4.84. The molecule has 0 bridgehead atoms. The predicted molar refractivity (Wildman–Crippen MR) is 66.2 cm³/mol. The second-order valence-corrected chi connectivity index (χ2v) is 4.84. The minimum Gasteiger partial charge on any atom is -0.370 e. The van der Waals surface area contributed by atoms with Gasteiger partial charge in [-0.25, -0.2) is 13.8 Å². The molecule has 1 rings (SSSR count). The molecule has 0 saturated heterocycles. The van der Waals surface area contributed by atoms with Gasteiger partial charge < -0.3 is 11.1 Å². The van der Waals surface area contributed by atoms with Gasteiger partial charge in [0, 0.05) is 19.4 Å². The molecule has 1 fully saturated rings. The highest BCUT2D eigenvalue weighted by Crippen LogP contribution is 2.35. The third-order valence-electron chi connectivity index (χ3n) is 2.93. The first-order valence-electron chi connectivity index (χ1n) is 5.95. The molecule has 0 aromatic carbocycles. The zero-order chi connectivity index (χ0) is 12.9. The van der Waals surface area contributed by atoms with Crippen LogP contribution in [-0.2, 0) is 0 Å². The molecule has 0 aliphatic heterocycles. The van der Waals surface area contributed by atoms with E-state index >= 15 is 0 Å². The Morgan fingerprint density at radius 1 is 1.47 bits per heavy atom. The van der Waals surface area contributed by atoms with Crippen molar-refractivity contribution in [2.24, 2.45) is 16.6 Å². The lowest BCUT2D eigenvalue weighted by Crippen LogP contribution is -2.37. The summed E-state index contributed by atoms with van der Waals surface area (Å²) in [6.45, 7) is 6.72. The molecule has 0 spiro atoms. The van der Waals surface area contributed by atoms with Crippen LogP contribution in [0.1, 0.15) is 32.6 Å². The van der Waals surface area contributed by atoms with E-state index in [-0.39, 0.29) is 18.8 Å². The van der Waals surface area contributed by atoms with Crippen molar-refractivity contribution in [3.8, 4) is 0 Å². The third kappa shape index (κ3) is 5.65. The van der Waals surface area contributed by atoms with Crippen molar-refractivity contribution in [1.29, 1.82) is 0 Å². The Morgan fingerprint density at radius 2 is 2.06 bits per heavy atom. The van der Waals surface area contributed by atoms with Gasteiger partial charge in [0.05, 0.1) is 6.54 Å². The van der Waals surface area contributed by atoms with Gasteiger partial charge >= 0.3 is 0 Å². The molecule has 0 atom stereocenters. The molecule has 0 amide bonds. The van der Waals surface area contributed by atoms with Crippen LogP contribution < -0.4 is 11.1 Å². The topological polar surface area (TPSA) is 50.4 Å². The molecule has 0 heterocycles. The van der Waals surface area contributed by atoms with Crippen molar-refractivity contribution in [1.82, 2.24) is 5.32 Å². The van der Waals surface area contributed by atoms with Gasteiger partial charge in [-0.1, -0.05) is 12.2 Å². The lowest BCUT2D eigenvalue weighted by atomic mass is 9.87. The number of nitrogens with zero attached hydrogens (tertiary/aromatic N) is 1. The molecule has 1 aliphatic rings. The van der Waals surface area contributed by atoms with Gasteiger partial charge in [0.2, 0.25) is 5.92 Å². The average molecular weight is 245 g/mol. The second kappa shape index (κ2) is 5.98. The third-order valence-corrected chi connectivity index (χ3v) is 2.93. The zero-order valence-electron chi connectivity index (χ0n) is 10.3. The highest BCUT2D eigenvalue weighted by atomic mass is 19.3. The van der Waals surface area contributed by atoms with Crippen molar-refractivity contribution in [3.05, 3.63) is 12.2 Å². The number of guanidine groups is 1. The standard InChI is InChI=1S/C12H21F2N3/c1-9(2)7-16-11(15)17-8-10-3-5-12(13,14)6-4-10/h10H,1,3-8H2,2H3,(H3,15,16,17). The fraction of sp³-hybridized carbons (Fsp3) is 0.750. The lowest BCUT2D eigenvalue weighted by molar-refractivity contribution is -0.0451. The first-order chi connectivity index (χ1) is 7.89. The number of rotatable bonds is 4. The van der Waals surface area contributed by atoms with Crippen LogP contribution in [0.15, 0.2) is 17.1 Å². The Hall–Kier alpha value is -1.13. The van der Waals surface area contributed by atoms with Gasteiger partial charge in [-0.3, -0.25) is 0 Å². The summed E-state index contributed by atoms with van der Waals surface area (Å²) in [5.74, 6) is -1.82. The van der Waals surface area contributed by atoms with Crippen LogP contribution in [-0.4, -0.2) is 25.0 Å². The summed E-state index contributed by atoms with van der Waals surface area (Å²) < 4.78 is 25.8. The smallest absolute Gasteiger partial charge is 0.248 e. The van der Waals surface area contributed by atoms with Gasteiger partial charge in [-0.2, -0.15) is 0 Å². The molecular formula is C12H21F2N3. The fourth-order valence-electron chi connectivity index (χ4n) is 1.83. The number of nitrogens with two attached hydrogens (primary N) is 1. The summed E-state index contributed by atoms with van der Waals surface area (Å²) in [5.41, 5.74) is 6.58. The van der Waals surface area contributed by atoms with Crippen molar-refractivity contribution in [2.45, 2.75) is 38.5 Å². The van der Waals surface area contributed by atoms with E-state index in [2.05, 4.69) is 16.9 Å². The molecule has 3 nitrogen and oxygen atoms in total. The number of halogens is 2. The SMILES string of the molecule is C=C(C)CN=C(N)NCC1CCC(F)(F)CC1. The van der Waals surface area contributed by atoms with Crippen molar-refractivity contribution in [3.63, 3.8) is 0 Å². The number of alkyl halides is 2. The van der Waals surface area contributed by atoms with E-state index in [0.717, 1.165) is 5.57 Å². The minimum atomic E-state index is -2.46. The zero-order valence-corrected chi connectivity index (χ0v) is 10.3. The molecule has 1 saturated carbocycles. The van der Waals surface area contributed by atoms with E-state index in [0.29, 0.717) is 31.9 Å². The molecule has 0 aromatic heterocycles. The van der Waals surface area contributed by atoms with E-state index in [1.165, 1.54) is 0 Å². The molecule has 0 unspecified atom stereocenters. The Bertz CT molecular complexity index is 290. The number of hydrogen-bond acceptors (Lipinski definition) is 1. The summed E-state index contributed by atoms with van der Waals surface area (Å²) in [4.78, 5) is 4.07. The quantitative estimate of drug-likeness (QED) is 0.453. The maximum atomic E-state index is 12.9. The summed E-state index contributed by atoms with van der Waals surface area (Å²) >= 11 is 0. The average Bonchev–Trinajstić information content (AvgIpc) is 2.25. The van der Waals surface area contributed by atoms with Gasteiger partial charge in [-0.05, 0) is 25.7 Å². The highest BCUT2D eigenvalue weighted by Gasteiger charge is 2.34. The van der Waals surface area contributed by atoms with Gasteiger partial charge in [0.15, 0.2) is 5.96 Å². The molecule has 0 radical (unpaired) electrons. The van der Waals surface area contributed by atoms with E-state index in [1.807, 2.05) is 6.92 Å². The van der Waals surface area contributed by atoms with Crippen molar-refractivity contribution in [2.75, 3.05) is 13.1 Å². The largest absolute Gasteiger partial charge is 0.370 e. The normalized spacial score (nSPS) is 21.2. The lowest BCUT2D eigenvalue weighted by Gasteiger charge is -2.28. The summed E-state index contributed by atoms with van der Waals surface area (Å²) in [6.07, 6.45) is 1.08. The molecule has 1 aliphatic carbocycles. The van der Waals surface area contributed by atoms with Gasteiger partial charge in [-0.15, -0.1) is 0 Å². The van der Waals surface area contributed by atoms with Crippen molar-refractivity contribution < 1.29 is 8.78 Å². The van der Waals surface area contributed by atoms with Gasteiger partial charge in [0.1, 0.15) is 0 Å². The summed E-state index contributed by atoms with van der Waals surface area (Å²) in [7, 11) is 0. The molecule has 0 aromatic rings.